The number of rotatable bonds is 4. The van der Waals surface area contributed by atoms with Crippen molar-refractivity contribution in [1.82, 2.24) is 0 Å². The lowest BCUT2D eigenvalue weighted by Gasteiger charge is -2.62. The zero-order valence-corrected chi connectivity index (χ0v) is 19.1. The molecule has 0 radical (unpaired) electrons. The number of furan rings is 1. The molecule has 2 saturated carbocycles. The number of aliphatic hydroxyl groups is 1. The summed E-state index contributed by atoms with van der Waals surface area (Å²) in [6.45, 7) is 4.69. The van der Waals surface area contributed by atoms with Crippen LogP contribution >= 0.6 is 0 Å². The van der Waals surface area contributed by atoms with E-state index in [2.05, 4.69) is 0 Å². The first-order valence-corrected chi connectivity index (χ1v) is 11.5. The summed E-state index contributed by atoms with van der Waals surface area (Å²) in [5.41, 5.74) is -2.15. The number of carbonyl (C=O) groups is 3. The van der Waals surface area contributed by atoms with Crippen molar-refractivity contribution in [3.8, 4) is 0 Å². The van der Waals surface area contributed by atoms with Gasteiger partial charge in [-0.1, -0.05) is 13.3 Å². The van der Waals surface area contributed by atoms with Gasteiger partial charge in [0.1, 0.15) is 30.5 Å². The van der Waals surface area contributed by atoms with E-state index in [9.17, 15) is 19.5 Å². The minimum Gasteiger partial charge on any atom is -0.472 e. The predicted molar refractivity (Wildman–Crippen MR) is 110 cm³/mol. The zero-order chi connectivity index (χ0) is 23.6. The number of fused-ring (bicyclic) bond motifs is 3. The lowest BCUT2D eigenvalue weighted by molar-refractivity contribution is -0.258. The first-order chi connectivity index (χ1) is 15.7. The van der Waals surface area contributed by atoms with Gasteiger partial charge in [0, 0.05) is 31.7 Å². The average Bonchev–Trinajstić information content (AvgIpc) is 3.19. The highest BCUT2D eigenvalue weighted by Gasteiger charge is 2.80. The normalized spacial score (nSPS) is 43.8. The number of esters is 3. The van der Waals surface area contributed by atoms with Crippen molar-refractivity contribution in [1.29, 1.82) is 0 Å². The standard InChI is InChI=1S/C24H30O9/c1-13-19(32-15(3)26)20(27)24(12-30-14(2)25)18(5-4-7-22(24)11-31-22)23(13)9-17(33-21(23)28)16-6-8-29-10-16/h6,8,10,13,17-20,27H,4-5,7,9,11-12H2,1-3H3/t13-,17+,18-,19+,20+,22+,23-,24+/m1/s1. The molecule has 4 aliphatic rings. The Morgan fingerprint density at radius 2 is 2.03 bits per heavy atom. The highest BCUT2D eigenvalue weighted by molar-refractivity contribution is 5.81. The molecule has 2 aliphatic heterocycles. The van der Waals surface area contributed by atoms with E-state index in [1.807, 2.05) is 6.92 Å². The van der Waals surface area contributed by atoms with Crippen molar-refractivity contribution in [3.63, 3.8) is 0 Å². The summed E-state index contributed by atoms with van der Waals surface area (Å²) in [6.07, 6.45) is 2.86. The van der Waals surface area contributed by atoms with Gasteiger partial charge in [-0.05, 0) is 24.8 Å². The number of hydrogen-bond acceptors (Lipinski definition) is 9. The fraction of sp³-hybridized carbons (Fsp3) is 0.708. The fourth-order valence-corrected chi connectivity index (χ4v) is 7.14. The first kappa shape index (κ1) is 22.4. The van der Waals surface area contributed by atoms with E-state index in [4.69, 9.17) is 23.4 Å². The molecule has 1 aromatic heterocycles. The molecular weight excluding hydrogens is 432 g/mol. The van der Waals surface area contributed by atoms with Gasteiger partial charge in [0.25, 0.3) is 0 Å². The highest BCUT2D eigenvalue weighted by atomic mass is 16.6. The Labute approximate surface area is 191 Å². The van der Waals surface area contributed by atoms with E-state index in [1.165, 1.54) is 20.1 Å². The summed E-state index contributed by atoms with van der Waals surface area (Å²) in [5.74, 6) is -2.34. The van der Waals surface area contributed by atoms with Gasteiger partial charge in [0.05, 0.1) is 30.0 Å². The number of carbonyl (C=O) groups excluding carboxylic acids is 3. The second-order valence-corrected chi connectivity index (χ2v) is 10.1. The first-order valence-electron chi connectivity index (χ1n) is 11.5. The molecule has 0 bridgehead atoms. The van der Waals surface area contributed by atoms with Crippen molar-refractivity contribution in [2.24, 2.45) is 22.7 Å². The van der Waals surface area contributed by atoms with Crippen molar-refractivity contribution in [3.05, 3.63) is 24.2 Å². The number of ether oxygens (including phenoxy) is 4. The topological polar surface area (TPSA) is 125 Å². The third-order valence-electron chi connectivity index (χ3n) is 8.69. The maximum Gasteiger partial charge on any atom is 0.313 e. The van der Waals surface area contributed by atoms with Crippen LogP contribution in [0.2, 0.25) is 0 Å². The van der Waals surface area contributed by atoms with Crippen molar-refractivity contribution in [2.75, 3.05) is 13.2 Å². The molecule has 5 rings (SSSR count). The van der Waals surface area contributed by atoms with Gasteiger partial charge < -0.3 is 28.5 Å². The molecule has 9 heteroatoms. The molecule has 9 nitrogen and oxygen atoms in total. The second-order valence-electron chi connectivity index (χ2n) is 10.1. The quantitative estimate of drug-likeness (QED) is 0.408. The van der Waals surface area contributed by atoms with Gasteiger partial charge in [-0.15, -0.1) is 0 Å². The Hall–Kier alpha value is -2.39. The summed E-state index contributed by atoms with van der Waals surface area (Å²) < 4.78 is 28.3. The van der Waals surface area contributed by atoms with E-state index >= 15 is 0 Å². The Balaban J connectivity index is 1.66. The van der Waals surface area contributed by atoms with E-state index < -0.39 is 52.6 Å². The number of cyclic esters (lactones) is 1. The van der Waals surface area contributed by atoms with Gasteiger partial charge in [0.15, 0.2) is 0 Å². The van der Waals surface area contributed by atoms with E-state index in [0.29, 0.717) is 25.9 Å². The van der Waals surface area contributed by atoms with Gasteiger partial charge in [-0.25, -0.2) is 0 Å². The van der Waals surface area contributed by atoms with Crippen molar-refractivity contribution in [2.45, 2.75) is 70.4 Å². The Morgan fingerprint density at radius 1 is 1.27 bits per heavy atom. The zero-order valence-electron chi connectivity index (χ0n) is 19.1. The monoisotopic (exact) mass is 462 g/mol. The third kappa shape index (κ3) is 3.01. The smallest absolute Gasteiger partial charge is 0.313 e. The molecule has 33 heavy (non-hydrogen) atoms. The minimum atomic E-state index is -1.17. The molecule has 0 aromatic carbocycles. The molecule has 1 N–H and O–H groups in total. The number of aliphatic hydroxyl groups excluding tert-OH is 1. The lowest BCUT2D eigenvalue weighted by Crippen LogP contribution is -2.72. The number of hydrogen-bond donors (Lipinski definition) is 1. The van der Waals surface area contributed by atoms with Crippen LogP contribution in [-0.4, -0.2) is 54.0 Å². The van der Waals surface area contributed by atoms with Crippen LogP contribution < -0.4 is 0 Å². The molecule has 0 amide bonds. The molecule has 3 heterocycles. The molecule has 1 aromatic rings. The Bertz CT molecular complexity index is 951. The van der Waals surface area contributed by atoms with E-state index in [1.54, 1.807) is 12.3 Å². The lowest BCUT2D eigenvalue weighted by atomic mass is 9.42. The molecule has 0 unspecified atom stereocenters. The maximum absolute atomic E-state index is 13.7. The average molecular weight is 462 g/mol. The molecule has 2 aliphatic carbocycles. The summed E-state index contributed by atoms with van der Waals surface area (Å²) in [7, 11) is 0. The van der Waals surface area contributed by atoms with Crippen LogP contribution in [0.25, 0.3) is 0 Å². The van der Waals surface area contributed by atoms with Gasteiger partial charge >= 0.3 is 17.9 Å². The van der Waals surface area contributed by atoms with E-state index in [-0.39, 0.29) is 18.5 Å². The minimum absolute atomic E-state index is 0.121. The van der Waals surface area contributed by atoms with Gasteiger partial charge in [-0.3, -0.25) is 14.4 Å². The van der Waals surface area contributed by atoms with Gasteiger partial charge in [0.2, 0.25) is 0 Å². The summed E-state index contributed by atoms with van der Waals surface area (Å²) in [5, 5.41) is 11.8. The van der Waals surface area contributed by atoms with Crippen molar-refractivity contribution < 1.29 is 42.9 Å². The molecule has 4 fully saturated rings. The fourth-order valence-electron chi connectivity index (χ4n) is 7.14. The van der Waals surface area contributed by atoms with Crippen LogP contribution in [-0.2, 0) is 33.3 Å². The molecule has 2 spiro atoms. The molecule has 180 valence electrons. The number of epoxide rings is 1. The van der Waals surface area contributed by atoms with Crippen molar-refractivity contribution >= 4 is 17.9 Å². The van der Waals surface area contributed by atoms with Crippen LogP contribution in [0.4, 0.5) is 0 Å². The molecular formula is C24H30O9. The SMILES string of the molecule is CC(=O)OC[C@@]12[C@H](CCC[C@]13CO3)[C@@]1(C[C@@H](c3ccoc3)OC1=O)[C@H](C)[C@H](OC(C)=O)[C@@H]2O. The second kappa shape index (κ2) is 7.56. The predicted octanol–water partition coefficient (Wildman–Crippen LogP) is 2.31. The summed E-state index contributed by atoms with van der Waals surface area (Å²) in [4.78, 5) is 37.7. The highest BCUT2D eigenvalue weighted by Crippen LogP contribution is 2.71. The molecule has 2 saturated heterocycles. The van der Waals surface area contributed by atoms with Crippen LogP contribution in [0.5, 0.6) is 0 Å². The van der Waals surface area contributed by atoms with E-state index in [0.717, 1.165) is 12.0 Å². The molecule has 8 atom stereocenters. The van der Waals surface area contributed by atoms with Crippen LogP contribution in [0.3, 0.4) is 0 Å². The maximum atomic E-state index is 13.7. The van der Waals surface area contributed by atoms with Crippen LogP contribution in [0.1, 0.15) is 58.1 Å². The largest absolute Gasteiger partial charge is 0.472 e. The Morgan fingerprint density at radius 3 is 2.64 bits per heavy atom. The Kier molecular flexibility index (Phi) is 5.13. The van der Waals surface area contributed by atoms with Crippen LogP contribution in [0, 0.1) is 22.7 Å². The van der Waals surface area contributed by atoms with Crippen LogP contribution in [0.15, 0.2) is 23.0 Å². The van der Waals surface area contributed by atoms with Gasteiger partial charge in [-0.2, -0.15) is 0 Å². The third-order valence-corrected chi connectivity index (χ3v) is 8.69. The summed E-state index contributed by atoms with van der Waals surface area (Å²) in [6, 6.07) is 1.77. The summed E-state index contributed by atoms with van der Waals surface area (Å²) >= 11 is 0.